The van der Waals surface area contributed by atoms with Gasteiger partial charge in [0.05, 0.1) is 37.1 Å². The van der Waals surface area contributed by atoms with Crippen LogP contribution in [-0.4, -0.2) is 62.2 Å². The molecule has 1 unspecified atom stereocenters. The highest BCUT2D eigenvalue weighted by Crippen LogP contribution is 2.23. The molecular weight excluding hydrogens is 480 g/mol. The minimum atomic E-state index is 0.0318. The monoisotopic (exact) mass is 510 g/mol. The van der Waals surface area contributed by atoms with Crippen molar-refractivity contribution in [1.29, 1.82) is 0 Å². The molecule has 0 saturated carbocycles. The number of hydrogen-bond donors (Lipinski definition) is 0. The van der Waals surface area contributed by atoms with Crippen molar-refractivity contribution in [1.82, 2.24) is 0 Å². The second-order valence-corrected chi connectivity index (χ2v) is 7.13. The summed E-state index contributed by atoms with van der Waals surface area (Å²) < 4.78 is 0. The van der Waals surface area contributed by atoms with Crippen molar-refractivity contribution in [2.24, 2.45) is 30.0 Å². The first-order valence-electron chi connectivity index (χ1n) is 11.5. The number of unbranched alkanes of at least 4 members (excludes halogenated alkanes) is 3. The smallest absolute Gasteiger partial charge is 0.211 e. The molecule has 196 valence electrons. The molecule has 0 bridgehead atoms. The summed E-state index contributed by atoms with van der Waals surface area (Å²) in [6.45, 7) is 5.33. The molecule has 1 atom stereocenters. The van der Waals surface area contributed by atoms with E-state index in [9.17, 15) is 28.8 Å². The number of nitrogens with zero attached hydrogens (tertiary/aromatic N) is 6. The van der Waals surface area contributed by atoms with Crippen molar-refractivity contribution in [3.63, 3.8) is 0 Å². The Balaban J connectivity index is 0. The zero-order chi connectivity index (χ0) is 28.0. The zero-order valence-corrected chi connectivity index (χ0v) is 21.0. The van der Waals surface area contributed by atoms with Gasteiger partial charge in [-0.3, -0.25) is 0 Å². The van der Waals surface area contributed by atoms with Crippen LogP contribution in [0.25, 0.3) is 0 Å². The van der Waals surface area contributed by atoms with Crippen LogP contribution in [0.4, 0.5) is 11.4 Å². The first-order chi connectivity index (χ1) is 18.0. The Morgan fingerprint density at radius 3 is 1.68 bits per heavy atom. The van der Waals surface area contributed by atoms with E-state index in [1.54, 1.807) is 19.1 Å². The average Bonchev–Trinajstić information content (AvgIpc) is 2.90. The average molecular weight is 511 g/mol. The van der Waals surface area contributed by atoms with Crippen LogP contribution in [0.1, 0.15) is 57.4 Å². The summed E-state index contributed by atoms with van der Waals surface area (Å²) >= 11 is 0. The maximum atomic E-state index is 10.00. The lowest BCUT2D eigenvalue weighted by Crippen LogP contribution is -2.02. The molecule has 0 fully saturated rings. The van der Waals surface area contributed by atoms with Gasteiger partial charge in [0.15, 0.2) is 0 Å². The van der Waals surface area contributed by atoms with Crippen LogP contribution in [0, 0.1) is 6.92 Å². The molecule has 1 aromatic rings. The predicted octanol–water partition coefficient (Wildman–Crippen LogP) is 4.36. The van der Waals surface area contributed by atoms with Crippen molar-refractivity contribution in [3.05, 3.63) is 23.8 Å². The molecule has 0 aliphatic carbocycles. The van der Waals surface area contributed by atoms with E-state index in [2.05, 4.69) is 30.0 Å². The van der Waals surface area contributed by atoms with E-state index in [0.717, 1.165) is 50.5 Å². The van der Waals surface area contributed by atoms with E-state index in [1.807, 2.05) is 6.92 Å². The van der Waals surface area contributed by atoms with Crippen LogP contribution >= 0.6 is 0 Å². The highest BCUT2D eigenvalue weighted by atomic mass is 16.1. The molecule has 0 aromatic heterocycles. The molecular formula is C25H30N6O6. The minimum Gasteiger partial charge on any atom is -0.211 e. The maximum absolute atomic E-state index is 10.00. The highest BCUT2D eigenvalue weighted by molar-refractivity contribution is 5.61. The fourth-order valence-electron chi connectivity index (χ4n) is 2.60. The minimum absolute atomic E-state index is 0.0318. The number of aryl methyl sites for hydroxylation is 1. The van der Waals surface area contributed by atoms with Gasteiger partial charge in [-0.15, -0.1) is 0 Å². The summed E-state index contributed by atoms with van der Waals surface area (Å²) in [5.41, 5.74) is 1.72. The number of aliphatic imine (C=N–C) groups is 6. The largest absolute Gasteiger partial charge is 0.240 e. The molecule has 0 radical (unpaired) electrons. The number of isocyanates is 6. The van der Waals surface area contributed by atoms with E-state index in [0.29, 0.717) is 31.0 Å². The van der Waals surface area contributed by atoms with E-state index in [1.165, 1.54) is 42.5 Å². The molecule has 0 spiro atoms. The lowest BCUT2D eigenvalue weighted by Gasteiger charge is -2.04. The van der Waals surface area contributed by atoms with Gasteiger partial charge in [0, 0.05) is 0 Å². The number of hydrogen-bond acceptors (Lipinski definition) is 12. The van der Waals surface area contributed by atoms with Crippen molar-refractivity contribution in [2.75, 3.05) is 19.6 Å². The Bertz CT molecular complexity index is 1050. The van der Waals surface area contributed by atoms with E-state index < -0.39 is 0 Å². The van der Waals surface area contributed by atoms with E-state index in [4.69, 9.17) is 0 Å². The summed E-state index contributed by atoms with van der Waals surface area (Å²) in [4.78, 5) is 79.4. The fraction of sp³-hybridized carbons (Fsp3) is 0.520. The molecule has 1 aromatic carbocycles. The Kier molecular flexibility index (Phi) is 26.0. The topological polar surface area (TPSA) is 177 Å². The van der Waals surface area contributed by atoms with E-state index in [-0.39, 0.29) is 6.04 Å². The number of benzene rings is 1. The van der Waals surface area contributed by atoms with Crippen molar-refractivity contribution < 1.29 is 28.8 Å². The molecule has 0 N–H and O–H groups in total. The summed E-state index contributed by atoms with van der Waals surface area (Å²) in [6, 6.07) is 4.91. The summed E-state index contributed by atoms with van der Waals surface area (Å²) in [5, 5.41) is 0. The third-order valence-corrected chi connectivity index (χ3v) is 4.53. The SMILES string of the molecule is CCC(CCCN=C=O)N=C=O.Cc1ccc(N=C=O)cc1N=C=O.O=C=NCCCCCCN=C=O. The first kappa shape index (κ1) is 34.7. The summed E-state index contributed by atoms with van der Waals surface area (Å²) in [7, 11) is 0. The lowest BCUT2D eigenvalue weighted by molar-refractivity contribution is 0.536. The fourth-order valence-corrected chi connectivity index (χ4v) is 2.60. The molecule has 12 nitrogen and oxygen atoms in total. The van der Waals surface area contributed by atoms with Crippen molar-refractivity contribution in [2.45, 2.75) is 64.8 Å². The van der Waals surface area contributed by atoms with Crippen molar-refractivity contribution in [3.8, 4) is 0 Å². The van der Waals surface area contributed by atoms with Crippen LogP contribution in [0.3, 0.4) is 0 Å². The van der Waals surface area contributed by atoms with Crippen LogP contribution in [-0.2, 0) is 28.8 Å². The molecule has 0 heterocycles. The number of rotatable bonds is 15. The second-order valence-electron chi connectivity index (χ2n) is 7.13. The zero-order valence-electron chi connectivity index (χ0n) is 21.0. The first-order valence-corrected chi connectivity index (χ1v) is 11.5. The van der Waals surface area contributed by atoms with Gasteiger partial charge >= 0.3 is 0 Å². The van der Waals surface area contributed by atoms with Gasteiger partial charge in [-0.1, -0.05) is 25.8 Å². The molecule has 12 heteroatoms. The third kappa shape index (κ3) is 23.0. The molecule has 0 amide bonds. The maximum Gasteiger partial charge on any atom is 0.240 e. The second kappa shape index (κ2) is 27.7. The van der Waals surface area contributed by atoms with Crippen LogP contribution in [0.5, 0.6) is 0 Å². The summed E-state index contributed by atoms with van der Waals surface area (Å²) in [5.74, 6) is 0. The predicted molar refractivity (Wildman–Crippen MR) is 136 cm³/mol. The molecule has 0 aliphatic rings. The van der Waals surface area contributed by atoms with Gasteiger partial charge in [-0.25, -0.2) is 48.7 Å². The Morgan fingerprint density at radius 1 is 0.676 bits per heavy atom. The van der Waals surface area contributed by atoms with Gasteiger partial charge < -0.3 is 0 Å². The summed E-state index contributed by atoms with van der Waals surface area (Å²) in [6.07, 6.45) is 15.0. The normalized spacial score (nSPS) is 9.24. The Labute approximate surface area is 215 Å². The highest BCUT2D eigenvalue weighted by Gasteiger charge is 2.02. The van der Waals surface area contributed by atoms with Gasteiger partial charge in [-0.05, 0) is 56.7 Å². The van der Waals surface area contributed by atoms with Crippen LogP contribution in [0.2, 0.25) is 0 Å². The quantitative estimate of drug-likeness (QED) is 0.192. The van der Waals surface area contributed by atoms with Gasteiger partial charge in [-0.2, -0.15) is 9.98 Å². The molecule has 0 aliphatic heterocycles. The van der Waals surface area contributed by atoms with Gasteiger partial charge in [0.1, 0.15) is 0 Å². The number of carbonyl (C=O) groups excluding carboxylic acids is 6. The molecule has 0 saturated heterocycles. The van der Waals surface area contributed by atoms with Crippen LogP contribution < -0.4 is 0 Å². The van der Waals surface area contributed by atoms with Crippen LogP contribution in [0.15, 0.2) is 48.2 Å². The molecule has 1 rings (SSSR count). The Morgan fingerprint density at radius 2 is 1.22 bits per heavy atom. The van der Waals surface area contributed by atoms with Gasteiger partial charge in [0.2, 0.25) is 36.5 Å². The third-order valence-electron chi connectivity index (χ3n) is 4.53. The van der Waals surface area contributed by atoms with Crippen molar-refractivity contribution >= 4 is 47.9 Å². The Hall–Kier alpha value is -4.50. The molecule has 37 heavy (non-hydrogen) atoms. The van der Waals surface area contributed by atoms with Gasteiger partial charge in [0.25, 0.3) is 0 Å². The lowest BCUT2D eigenvalue weighted by atomic mass is 10.1. The van der Waals surface area contributed by atoms with E-state index >= 15 is 0 Å². The standard InChI is InChI=1S/C9H6N2O2.2C8H12N2O2/c1-7-2-3-8(10-5-12)4-9(7)11-6-13;1-2-8(10-7-12)4-3-5-9-6-11;11-7-9-5-3-1-2-4-6-10-8-12/h2-4H,1H3;8H,2-5H2,1H3;1-6H2.